The van der Waals surface area contributed by atoms with E-state index < -0.39 is 17.6 Å². The fraction of sp³-hybridized carbons (Fsp3) is 0.0476. The molecule has 0 bridgehead atoms. The van der Waals surface area contributed by atoms with Crippen molar-refractivity contribution >= 4 is 57.6 Å². The summed E-state index contributed by atoms with van der Waals surface area (Å²) in [6.07, 6.45) is -3.01. The first-order chi connectivity index (χ1) is 14.2. The molecule has 1 amide bonds. The number of furan rings is 1. The maximum atomic E-state index is 13.0. The summed E-state index contributed by atoms with van der Waals surface area (Å²) < 4.78 is 44.9. The Morgan fingerprint density at radius 1 is 1.07 bits per heavy atom. The van der Waals surface area contributed by atoms with Crippen molar-refractivity contribution in [2.75, 3.05) is 4.90 Å². The number of benzene rings is 2. The van der Waals surface area contributed by atoms with Crippen molar-refractivity contribution in [1.29, 1.82) is 0 Å². The molecule has 1 saturated heterocycles. The monoisotopic (exact) mass is 465 g/mol. The van der Waals surface area contributed by atoms with Gasteiger partial charge in [-0.3, -0.25) is 9.69 Å². The summed E-state index contributed by atoms with van der Waals surface area (Å²) in [7, 11) is 0. The fourth-order valence-electron chi connectivity index (χ4n) is 2.88. The third-order valence-electron chi connectivity index (χ3n) is 4.26. The van der Waals surface area contributed by atoms with Gasteiger partial charge in [-0.1, -0.05) is 53.8 Å². The summed E-state index contributed by atoms with van der Waals surface area (Å²) in [4.78, 5) is 14.1. The number of carbonyl (C=O) groups excluding carboxylic acids is 1. The fourth-order valence-corrected chi connectivity index (χ4v) is 4.38. The number of thiocarbonyl (C=S) groups is 1. The summed E-state index contributed by atoms with van der Waals surface area (Å²) in [6.45, 7) is 0. The van der Waals surface area contributed by atoms with Crippen LogP contribution in [0, 0.1) is 0 Å². The van der Waals surface area contributed by atoms with E-state index in [1.807, 2.05) is 6.07 Å². The third kappa shape index (κ3) is 4.03. The molecule has 0 atom stereocenters. The topological polar surface area (TPSA) is 33.5 Å². The molecule has 9 heteroatoms. The van der Waals surface area contributed by atoms with Gasteiger partial charge < -0.3 is 4.42 Å². The molecule has 1 aromatic heterocycles. The van der Waals surface area contributed by atoms with Crippen molar-refractivity contribution in [2.24, 2.45) is 0 Å². The van der Waals surface area contributed by atoms with Crippen molar-refractivity contribution in [2.45, 2.75) is 6.18 Å². The van der Waals surface area contributed by atoms with Crippen molar-refractivity contribution in [1.82, 2.24) is 0 Å². The maximum absolute atomic E-state index is 13.0. The van der Waals surface area contributed by atoms with E-state index in [1.54, 1.807) is 30.3 Å². The smallest absolute Gasteiger partial charge is 0.416 e. The highest BCUT2D eigenvalue weighted by Crippen LogP contribution is 2.39. The Bertz CT molecular complexity index is 1190. The minimum atomic E-state index is -4.52. The molecule has 1 aliphatic rings. The van der Waals surface area contributed by atoms with Gasteiger partial charge in [0.25, 0.3) is 5.91 Å². The number of anilines is 1. The van der Waals surface area contributed by atoms with E-state index >= 15 is 0 Å². The highest BCUT2D eigenvalue weighted by molar-refractivity contribution is 8.27. The predicted molar refractivity (Wildman–Crippen MR) is 116 cm³/mol. The van der Waals surface area contributed by atoms with Gasteiger partial charge in [-0.25, -0.2) is 0 Å². The summed E-state index contributed by atoms with van der Waals surface area (Å²) >= 11 is 12.4. The van der Waals surface area contributed by atoms with Gasteiger partial charge >= 0.3 is 6.18 Å². The molecule has 0 spiro atoms. The van der Waals surface area contributed by atoms with Gasteiger partial charge in [0.15, 0.2) is 4.32 Å². The van der Waals surface area contributed by atoms with Gasteiger partial charge in [-0.15, -0.1) is 0 Å². The molecule has 0 N–H and O–H groups in total. The van der Waals surface area contributed by atoms with Gasteiger partial charge in [-0.2, -0.15) is 13.2 Å². The number of carbonyl (C=O) groups is 1. The number of thioether (sulfide) groups is 1. The predicted octanol–water partition coefficient (Wildman–Crippen LogP) is 7.02. The van der Waals surface area contributed by atoms with Crippen LogP contribution in [0.3, 0.4) is 0 Å². The molecule has 4 rings (SSSR count). The molecule has 2 aromatic carbocycles. The van der Waals surface area contributed by atoms with Gasteiger partial charge in [0.05, 0.1) is 21.2 Å². The quantitative estimate of drug-likeness (QED) is 0.307. The van der Waals surface area contributed by atoms with Gasteiger partial charge in [0.1, 0.15) is 11.5 Å². The second-order valence-electron chi connectivity index (χ2n) is 6.25. The van der Waals surface area contributed by atoms with Crippen molar-refractivity contribution in [3.8, 4) is 11.3 Å². The van der Waals surface area contributed by atoms with Crippen LogP contribution in [0.25, 0.3) is 17.4 Å². The Labute approximate surface area is 184 Å². The number of hydrogen-bond acceptors (Lipinski definition) is 4. The Balaban J connectivity index is 1.62. The van der Waals surface area contributed by atoms with E-state index in [2.05, 4.69) is 0 Å². The molecule has 1 aliphatic heterocycles. The lowest BCUT2D eigenvalue weighted by Gasteiger charge is -2.16. The van der Waals surface area contributed by atoms with E-state index in [0.29, 0.717) is 22.1 Å². The molecule has 152 valence electrons. The Morgan fingerprint density at radius 2 is 1.83 bits per heavy atom. The first-order valence-corrected chi connectivity index (χ1v) is 10.1. The summed E-state index contributed by atoms with van der Waals surface area (Å²) in [6, 6.07) is 15.0. The summed E-state index contributed by atoms with van der Waals surface area (Å²) in [5, 5.41) is 0.522. The van der Waals surface area contributed by atoms with E-state index in [-0.39, 0.29) is 14.9 Å². The van der Waals surface area contributed by atoms with E-state index in [9.17, 15) is 18.0 Å². The lowest BCUT2D eigenvalue weighted by atomic mass is 10.2. The minimum absolute atomic E-state index is 0.0620. The zero-order valence-corrected chi connectivity index (χ0v) is 17.3. The molecule has 0 unspecified atom stereocenters. The number of halogens is 4. The maximum Gasteiger partial charge on any atom is 0.416 e. The highest BCUT2D eigenvalue weighted by Gasteiger charge is 2.36. The molecule has 0 saturated carbocycles. The van der Waals surface area contributed by atoms with Crippen LogP contribution in [0.4, 0.5) is 18.9 Å². The van der Waals surface area contributed by atoms with Crippen LogP contribution in [-0.4, -0.2) is 10.2 Å². The second-order valence-corrected chi connectivity index (χ2v) is 8.33. The molecular weight excluding hydrogens is 455 g/mol. The third-order valence-corrected chi connectivity index (χ3v) is 5.90. The molecule has 30 heavy (non-hydrogen) atoms. The Hall–Kier alpha value is -2.55. The first-order valence-electron chi connectivity index (χ1n) is 8.54. The number of amides is 1. The molecule has 3 aromatic rings. The molecule has 0 radical (unpaired) electrons. The largest absolute Gasteiger partial charge is 0.457 e. The number of hydrogen-bond donors (Lipinski definition) is 0. The molecule has 3 nitrogen and oxygen atoms in total. The summed E-state index contributed by atoms with van der Waals surface area (Å²) in [5.74, 6) is 0.412. The summed E-state index contributed by atoms with van der Waals surface area (Å²) in [5.41, 5.74) is -0.0873. The van der Waals surface area contributed by atoms with Crippen molar-refractivity contribution in [3.05, 3.63) is 81.9 Å². The van der Waals surface area contributed by atoms with Gasteiger partial charge in [0, 0.05) is 11.6 Å². The van der Waals surface area contributed by atoms with E-state index in [1.165, 1.54) is 18.2 Å². The van der Waals surface area contributed by atoms with E-state index in [4.69, 9.17) is 28.2 Å². The molecule has 0 aliphatic carbocycles. The first kappa shape index (κ1) is 20.7. The van der Waals surface area contributed by atoms with Crippen LogP contribution in [-0.2, 0) is 11.0 Å². The molecular formula is C21H11ClF3NO2S2. The molecule has 1 fully saturated rings. The number of alkyl halides is 3. The van der Waals surface area contributed by atoms with Crippen LogP contribution in [0.5, 0.6) is 0 Å². The lowest BCUT2D eigenvalue weighted by molar-refractivity contribution is -0.137. The average molecular weight is 466 g/mol. The lowest BCUT2D eigenvalue weighted by Crippen LogP contribution is -2.27. The normalized spacial score (nSPS) is 16.0. The zero-order chi connectivity index (χ0) is 21.5. The minimum Gasteiger partial charge on any atom is -0.457 e. The van der Waals surface area contributed by atoms with Gasteiger partial charge in [-0.05, 0) is 42.5 Å². The number of rotatable bonds is 3. The Kier molecular flexibility index (Phi) is 5.48. The standard InChI is InChI=1S/C21H11ClF3NO2S2/c22-16-7-2-1-6-15(16)17-9-8-14(28-17)11-18-19(27)26(20(29)30-18)13-5-3-4-12(10-13)21(23,24)25/h1-11H/b18-11-. The van der Waals surface area contributed by atoms with Crippen LogP contribution in [0.2, 0.25) is 5.02 Å². The van der Waals surface area contributed by atoms with Gasteiger partial charge in [0.2, 0.25) is 0 Å². The van der Waals surface area contributed by atoms with Crippen LogP contribution >= 0.6 is 35.6 Å². The zero-order valence-electron chi connectivity index (χ0n) is 14.9. The van der Waals surface area contributed by atoms with Crippen LogP contribution in [0.15, 0.2) is 70.0 Å². The van der Waals surface area contributed by atoms with Crippen molar-refractivity contribution < 1.29 is 22.4 Å². The molecule has 2 heterocycles. The second kappa shape index (κ2) is 7.94. The van der Waals surface area contributed by atoms with Crippen LogP contribution < -0.4 is 4.90 Å². The van der Waals surface area contributed by atoms with Crippen LogP contribution in [0.1, 0.15) is 11.3 Å². The number of nitrogens with zero attached hydrogens (tertiary/aromatic N) is 1. The Morgan fingerprint density at radius 3 is 2.57 bits per heavy atom. The SMILES string of the molecule is O=C1/C(=C/c2ccc(-c3ccccc3Cl)o2)SC(=S)N1c1cccc(C(F)(F)F)c1. The average Bonchev–Trinajstić information content (AvgIpc) is 3.26. The van der Waals surface area contributed by atoms with Crippen molar-refractivity contribution in [3.63, 3.8) is 0 Å². The van der Waals surface area contributed by atoms with E-state index in [0.717, 1.165) is 28.8 Å². The highest BCUT2D eigenvalue weighted by atomic mass is 35.5.